The Morgan fingerprint density at radius 2 is 2.22 bits per heavy atom. The highest BCUT2D eigenvalue weighted by molar-refractivity contribution is 6.28. The Hall–Kier alpha value is -1.82. The Kier molecular flexibility index (Phi) is 5.38. The molecule has 6 nitrogen and oxygen atoms in total. The number of hydrogen-bond donors (Lipinski definition) is 1. The molecule has 0 spiro atoms. The molecule has 96 valence electrons. The van der Waals surface area contributed by atoms with Gasteiger partial charge in [0.25, 0.3) is 0 Å². The molecule has 0 radical (unpaired) electrons. The van der Waals surface area contributed by atoms with Crippen LogP contribution in [0.15, 0.2) is 11.1 Å². The SMILES string of the molecule is CCOC(=O)c1cc(C(CC=N)=NC)nc(Cl)n1. The maximum absolute atomic E-state index is 11.6. The van der Waals surface area contributed by atoms with Crippen LogP contribution in [-0.4, -0.2) is 41.5 Å². The van der Waals surface area contributed by atoms with Crippen LogP contribution in [0.3, 0.4) is 0 Å². The topological polar surface area (TPSA) is 88.3 Å². The number of ether oxygens (including phenoxy) is 1. The van der Waals surface area contributed by atoms with Gasteiger partial charge in [0.2, 0.25) is 5.28 Å². The van der Waals surface area contributed by atoms with Crippen molar-refractivity contribution in [1.29, 1.82) is 5.41 Å². The van der Waals surface area contributed by atoms with Crippen LogP contribution in [0.1, 0.15) is 29.5 Å². The minimum atomic E-state index is -0.562. The number of hydrogen-bond acceptors (Lipinski definition) is 6. The number of carbonyl (C=O) groups excluding carboxylic acids is 1. The molecule has 0 bridgehead atoms. The Bertz CT molecular complexity index is 488. The molecule has 0 saturated heterocycles. The van der Waals surface area contributed by atoms with Gasteiger partial charge in [-0.3, -0.25) is 4.99 Å². The Morgan fingerprint density at radius 3 is 2.78 bits per heavy atom. The molecule has 0 aliphatic carbocycles. The number of aromatic nitrogens is 2. The van der Waals surface area contributed by atoms with Gasteiger partial charge < -0.3 is 10.1 Å². The van der Waals surface area contributed by atoms with Crippen molar-refractivity contribution in [3.05, 3.63) is 22.7 Å². The van der Waals surface area contributed by atoms with Crippen molar-refractivity contribution in [2.45, 2.75) is 13.3 Å². The zero-order valence-corrected chi connectivity index (χ0v) is 10.9. The number of nitrogens with one attached hydrogen (secondary N) is 1. The minimum absolute atomic E-state index is 0.0540. The predicted octanol–water partition coefficient (Wildman–Crippen LogP) is 1.77. The van der Waals surface area contributed by atoms with Crippen molar-refractivity contribution < 1.29 is 9.53 Å². The molecule has 0 unspecified atom stereocenters. The fourth-order valence-electron chi connectivity index (χ4n) is 1.28. The van der Waals surface area contributed by atoms with Crippen LogP contribution in [0.4, 0.5) is 0 Å². The molecule has 0 saturated carbocycles. The summed E-state index contributed by atoms with van der Waals surface area (Å²) in [5.41, 5.74) is 1.06. The predicted molar refractivity (Wildman–Crippen MR) is 68.9 cm³/mol. The lowest BCUT2D eigenvalue weighted by atomic mass is 10.2. The normalized spacial score (nSPS) is 11.2. The summed E-state index contributed by atoms with van der Waals surface area (Å²) in [4.78, 5) is 23.3. The molecule has 0 aliphatic heterocycles. The zero-order valence-electron chi connectivity index (χ0n) is 10.1. The summed E-state index contributed by atoms with van der Waals surface area (Å²) in [5.74, 6) is -0.562. The molecule has 0 aromatic carbocycles. The molecule has 1 aromatic heterocycles. The second-order valence-corrected chi connectivity index (χ2v) is 3.54. The Labute approximate surface area is 110 Å². The highest BCUT2D eigenvalue weighted by atomic mass is 35.5. The van der Waals surface area contributed by atoms with Gasteiger partial charge in [0.1, 0.15) is 0 Å². The first-order valence-corrected chi connectivity index (χ1v) is 5.66. The largest absolute Gasteiger partial charge is 0.461 e. The van der Waals surface area contributed by atoms with Gasteiger partial charge in [0.15, 0.2) is 5.69 Å². The van der Waals surface area contributed by atoms with Gasteiger partial charge in [-0.2, -0.15) is 0 Å². The van der Waals surface area contributed by atoms with Crippen LogP contribution < -0.4 is 0 Å². The summed E-state index contributed by atoms with van der Waals surface area (Å²) in [6.45, 7) is 1.96. The summed E-state index contributed by atoms with van der Waals surface area (Å²) in [6, 6.07) is 1.45. The van der Waals surface area contributed by atoms with E-state index in [0.29, 0.717) is 17.8 Å². The van der Waals surface area contributed by atoms with E-state index in [4.69, 9.17) is 21.7 Å². The first kappa shape index (κ1) is 14.2. The first-order valence-electron chi connectivity index (χ1n) is 5.29. The summed E-state index contributed by atoms with van der Waals surface area (Å²) in [5, 5.41) is 7.02. The van der Waals surface area contributed by atoms with E-state index >= 15 is 0 Å². The lowest BCUT2D eigenvalue weighted by Crippen LogP contribution is -2.12. The van der Waals surface area contributed by atoms with Crippen molar-refractivity contribution in [2.75, 3.05) is 13.7 Å². The number of carbonyl (C=O) groups is 1. The third-order valence-electron chi connectivity index (χ3n) is 2.04. The average Bonchev–Trinajstić information content (AvgIpc) is 2.35. The molecule has 7 heteroatoms. The summed E-state index contributed by atoms with van der Waals surface area (Å²) >= 11 is 5.75. The van der Waals surface area contributed by atoms with Crippen LogP contribution in [0.2, 0.25) is 5.28 Å². The molecule has 1 heterocycles. The van der Waals surface area contributed by atoms with Gasteiger partial charge in [0, 0.05) is 19.7 Å². The lowest BCUT2D eigenvalue weighted by Gasteiger charge is -2.05. The first-order chi connectivity index (χ1) is 8.62. The molecule has 0 aliphatic rings. The van der Waals surface area contributed by atoms with Gasteiger partial charge in [0.05, 0.1) is 18.0 Å². The quantitative estimate of drug-likeness (QED) is 0.501. The van der Waals surface area contributed by atoms with Crippen molar-refractivity contribution >= 4 is 29.5 Å². The molecule has 0 amide bonds. The lowest BCUT2D eigenvalue weighted by molar-refractivity contribution is 0.0519. The molecule has 0 atom stereocenters. The van der Waals surface area contributed by atoms with E-state index in [2.05, 4.69) is 15.0 Å². The van der Waals surface area contributed by atoms with E-state index in [1.165, 1.54) is 12.3 Å². The average molecular weight is 269 g/mol. The van der Waals surface area contributed by atoms with E-state index in [-0.39, 0.29) is 17.6 Å². The summed E-state index contributed by atoms with van der Waals surface area (Å²) in [6.07, 6.45) is 1.51. The van der Waals surface area contributed by atoms with Gasteiger partial charge >= 0.3 is 5.97 Å². The molecule has 1 rings (SSSR count). The number of rotatable bonds is 5. The maximum Gasteiger partial charge on any atom is 0.357 e. The zero-order chi connectivity index (χ0) is 13.5. The molecular formula is C11H13ClN4O2. The molecule has 1 aromatic rings. The van der Waals surface area contributed by atoms with Crippen LogP contribution >= 0.6 is 11.6 Å². The van der Waals surface area contributed by atoms with Gasteiger partial charge in [-0.15, -0.1) is 0 Å². The number of halogens is 1. The summed E-state index contributed by atoms with van der Waals surface area (Å²) in [7, 11) is 1.58. The van der Waals surface area contributed by atoms with E-state index in [9.17, 15) is 4.79 Å². The second kappa shape index (κ2) is 6.80. The van der Waals surface area contributed by atoms with Crippen LogP contribution in [-0.2, 0) is 4.74 Å². The smallest absolute Gasteiger partial charge is 0.357 e. The molecule has 0 fully saturated rings. The van der Waals surface area contributed by atoms with E-state index in [0.717, 1.165) is 0 Å². The highest BCUT2D eigenvalue weighted by Crippen LogP contribution is 2.10. The maximum atomic E-state index is 11.6. The Balaban J connectivity index is 3.14. The fourth-order valence-corrected chi connectivity index (χ4v) is 1.46. The van der Waals surface area contributed by atoms with Crippen molar-refractivity contribution in [3.63, 3.8) is 0 Å². The van der Waals surface area contributed by atoms with Gasteiger partial charge in [-0.1, -0.05) is 0 Å². The number of aliphatic imine (C=N–C) groups is 1. The molecular weight excluding hydrogens is 256 g/mol. The Morgan fingerprint density at radius 1 is 1.56 bits per heavy atom. The van der Waals surface area contributed by atoms with Crippen LogP contribution in [0.5, 0.6) is 0 Å². The van der Waals surface area contributed by atoms with E-state index in [1.54, 1.807) is 14.0 Å². The third-order valence-corrected chi connectivity index (χ3v) is 2.21. The van der Waals surface area contributed by atoms with Crippen molar-refractivity contribution in [1.82, 2.24) is 9.97 Å². The van der Waals surface area contributed by atoms with Crippen molar-refractivity contribution in [3.8, 4) is 0 Å². The van der Waals surface area contributed by atoms with Gasteiger partial charge in [-0.05, 0) is 24.6 Å². The summed E-state index contributed by atoms with van der Waals surface area (Å²) < 4.78 is 4.84. The highest BCUT2D eigenvalue weighted by Gasteiger charge is 2.14. The van der Waals surface area contributed by atoms with E-state index in [1.807, 2.05) is 0 Å². The molecule has 1 N–H and O–H groups in total. The van der Waals surface area contributed by atoms with Crippen molar-refractivity contribution in [2.24, 2.45) is 4.99 Å². The minimum Gasteiger partial charge on any atom is -0.461 e. The molecule has 18 heavy (non-hydrogen) atoms. The standard InChI is InChI=1S/C11H13ClN4O2/c1-3-18-10(17)9-6-8(15-11(12)16-9)7(14-2)4-5-13/h5-6,13H,3-4H2,1-2H3. The second-order valence-electron chi connectivity index (χ2n) is 3.21. The number of esters is 1. The third kappa shape index (κ3) is 3.59. The van der Waals surface area contributed by atoms with Crippen LogP contribution in [0.25, 0.3) is 0 Å². The van der Waals surface area contributed by atoms with Gasteiger partial charge in [-0.25, -0.2) is 14.8 Å². The van der Waals surface area contributed by atoms with E-state index < -0.39 is 5.97 Å². The number of nitrogens with zero attached hydrogens (tertiary/aromatic N) is 3. The fraction of sp³-hybridized carbons (Fsp3) is 0.364. The monoisotopic (exact) mass is 268 g/mol. The van der Waals surface area contributed by atoms with Crippen LogP contribution in [0, 0.1) is 5.41 Å².